The SMILES string of the molecule is COC(=O)CO.COC(=O)COC(=O)Oc1ccc(CNC(=O)CCCC/C=C/C(C)C)cc1OC.COc1cc(CNC(=O)CCCC/C=C/C(C)C)ccc1O.COc1cc(CNC(=O)CCCC/C=C/C(C)C)ccc1OC(=O)OCC(=O)O. The molecule has 0 radical (unpaired) electrons. The van der Waals surface area contributed by atoms with Crippen molar-refractivity contribution in [2.45, 2.75) is 138 Å². The van der Waals surface area contributed by atoms with Gasteiger partial charge in [0.1, 0.15) is 6.61 Å². The van der Waals surface area contributed by atoms with Crippen LogP contribution < -0.4 is 39.6 Å². The topological polar surface area (TPSA) is 316 Å². The molecule has 0 saturated heterocycles. The summed E-state index contributed by atoms with van der Waals surface area (Å²) in [7, 11) is 6.74. The van der Waals surface area contributed by atoms with Crippen LogP contribution in [0.1, 0.15) is 135 Å². The molecule has 3 aromatic rings. The molecule has 0 atom stereocenters. The Bertz CT molecular complexity index is 2610. The maximum absolute atomic E-state index is 12.0. The number of ether oxygens (including phenoxy) is 9. The molecule has 3 amide bonds. The normalized spacial score (nSPS) is 10.6. The van der Waals surface area contributed by atoms with Crippen molar-refractivity contribution in [3.05, 3.63) is 108 Å². The van der Waals surface area contributed by atoms with Crippen molar-refractivity contribution in [2.75, 3.05) is 55.4 Å². The molecule has 23 heteroatoms. The molecule has 3 rings (SSSR count). The predicted molar refractivity (Wildman–Crippen MR) is 326 cm³/mol. The van der Waals surface area contributed by atoms with Crippen LogP contribution in [0.2, 0.25) is 0 Å². The molecule has 6 N–H and O–H groups in total. The molecule has 0 spiro atoms. The number of carboxylic acids is 1. The van der Waals surface area contributed by atoms with Gasteiger partial charge in [0.05, 0.1) is 35.5 Å². The van der Waals surface area contributed by atoms with Crippen molar-refractivity contribution in [3.8, 4) is 34.5 Å². The number of hydrogen-bond donors (Lipinski definition) is 6. The van der Waals surface area contributed by atoms with Gasteiger partial charge in [0, 0.05) is 38.9 Å². The highest BCUT2D eigenvalue weighted by Crippen LogP contribution is 2.30. The van der Waals surface area contributed by atoms with E-state index in [0.29, 0.717) is 68.1 Å². The second kappa shape index (κ2) is 48.6. The van der Waals surface area contributed by atoms with Gasteiger partial charge >= 0.3 is 30.2 Å². The fourth-order valence-electron chi connectivity index (χ4n) is 6.86. The summed E-state index contributed by atoms with van der Waals surface area (Å²) in [6.45, 7) is 12.1. The third kappa shape index (κ3) is 42.0. The van der Waals surface area contributed by atoms with E-state index in [1.165, 1.54) is 47.7 Å². The third-order valence-electron chi connectivity index (χ3n) is 11.4. The number of phenols is 1. The molecule has 0 bridgehead atoms. The number of benzene rings is 3. The average molecular weight is 1220 g/mol. The van der Waals surface area contributed by atoms with E-state index in [-0.39, 0.29) is 40.7 Å². The lowest BCUT2D eigenvalue weighted by atomic mass is 10.1. The number of aliphatic hydroxyl groups excluding tert-OH is 1. The summed E-state index contributed by atoms with van der Waals surface area (Å²) in [6.07, 6.45) is 20.8. The molecule has 484 valence electrons. The summed E-state index contributed by atoms with van der Waals surface area (Å²) in [5.41, 5.74) is 2.46. The number of methoxy groups -OCH3 is 5. The monoisotopic (exact) mass is 1220 g/mol. The Labute approximate surface area is 512 Å². The molecule has 0 unspecified atom stereocenters. The number of hydrogen-bond acceptors (Lipinski definition) is 19. The molecule has 0 fully saturated rings. The van der Waals surface area contributed by atoms with E-state index in [2.05, 4.69) is 113 Å². The van der Waals surface area contributed by atoms with E-state index in [0.717, 1.165) is 74.5 Å². The minimum atomic E-state index is -1.29. The minimum absolute atomic E-state index is 0.0199. The molecule has 0 saturated carbocycles. The molecule has 0 heterocycles. The molecular formula is C64H93N3O20. The lowest BCUT2D eigenvalue weighted by Crippen LogP contribution is -2.22. The number of aromatic hydroxyl groups is 1. The van der Waals surface area contributed by atoms with Gasteiger partial charge in [0.2, 0.25) is 17.7 Å². The molecule has 0 aliphatic rings. The highest BCUT2D eigenvalue weighted by atomic mass is 16.7. The summed E-state index contributed by atoms with van der Waals surface area (Å²) in [4.78, 5) is 89.9. The van der Waals surface area contributed by atoms with Crippen LogP contribution in [0.15, 0.2) is 91.1 Å². The van der Waals surface area contributed by atoms with Crippen LogP contribution in [0.3, 0.4) is 0 Å². The van der Waals surface area contributed by atoms with E-state index in [1.54, 1.807) is 42.5 Å². The van der Waals surface area contributed by atoms with Gasteiger partial charge in [-0.1, -0.05) is 96.2 Å². The smallest absolute Gasteiger partial charge is 0.504 e. The Kier molecular flexibility index (Phi) is 43.8. The van der Waals surface area contributed by atoms with E-state index >= 15 is 0 Å². The van der Waals surface area contributed by atoms with Gasteiger partial charge in [-0.25, -0.2) is 24.0 Å². The highest BCUT2D eigenvalue weighted by molar-refractivity contribution is 5.77. The van der Waals surface area contributed by atoms with Crippen molar-refractivity contribution in [1.82, 2.24) is 16.0 Å². The van der Waals surface area contributed by atoms with Gasteiger partial charge in [-0.2, -0.15) is 0 Å². The maximum Gasteiger partial charge on any atom is 0.514 e. The van der Waals surface area contributed by atoms with Gasteiger partial charge in [-0.3, -0.25) is 14.4 Å². The zero-order chi connectivity index (χ0) is 65.4. The quantitative estimate of drug-likeness (QED) is 0.0106. The van der Waals surface area contributed by atoms with Crippen LogP contribution in [0, 0.1) is 17.8 Å². The number of rotatable bonds is 34. The number of carbonyl (C=O) groups is 8. The lowest BCUT2D eigenvalue weighted by Gasteiger charge is -2.11. The van der Waals surface area contributed by atoms with Crippen LogP contribution in [0.4, 0.5) is 9.59 Å². The number of unbranched alkanes of at least 4 members (excludes halogenated alkanes) is 6. The number of carbonyl (C=O) groups excluding carboxylic acids is 7. The first-order chi connectivity index (χ1) is 41.5. The number of allylic oxidation sites excluding steroid dienone is 6. The Morgan fingerprint density at radius 2 is 0.805 bits per heavy atom. The van der Waals surface area contributed by atoms with Crippen LogP contribution in [-0.2, 0) is 67.3 Å². The Morgan fingerprint density at radius 3 is 1.11 bits per heavy atom. The summed E-state index contributed by atoms with van der Waals surface area (Å²) >= 11 is 0. The number of aliphatic hydroxyl groups is 1. The predicted octanol–water partition coefficient (Wildman–Crippen LogP) is 10.4. The third-order valence-corrected chi connectivity index (χ3v) is 11.4. The Hall–Kier alpha value is -8.60. The van der Waals surface area contributed by atoms with Gasteiger partial charge in [0.25, 0.3) is 0 Å². The average Bonchev–Trinajstić information content (AvgIpc) is 3.61. The van der Waals surface area contributed by atoms with Crippen molar-refractivity contribution in [1.29, 1.82) is 0 Å². The molecule has 3 aromatic carbocycles. The summed E-state index contributed by atoms with van der Waals surface area (Å²) in [6, 6.07) is 14.7. The maximum atomic E-state index is 12.0. The van der Waals surface area contributed by atoms with Crippen LogP contribution in [0.25, 0.3) is 0 Å². The molecule has 0 aliphatic carbocycles. The van der Waals surface area contributed by atoms with Crippen molar-refractivity contribution in [2.24, 2.45) is 17.8 Å². The summed E-state index contributed by atoms with van der Waals surface area (Å²) in [5, 5.41) is 34.5. The summed E-state index contributed by atoms with van der Waals surface area (Å²) < 4.78 is 42.8. The number of nitrogens with one attached hydrogen (secondary N) is 3. The van der Waals surface area contributed by atoms with E-state index < -0.39 is 50.0 Å². The number of amides is 3. The first kappa shape index (κ1) is 78.4. The highest BCUT2D eigenvalue weighted by Gasteiger charge is 2.16. The standard InChI is InChI=1S/C22H31NO7.C21H29NO7.C18H27NO3.C3H6O3/c1-16(2)9-7-5-6-8-10-20(24)23-14-17-11-12-18(19(13-17)27-3)30-22(26)29-15-21(25)28-4;1-15(2)8-6-4-5-7-9-19(23)22-13-16-10-11-17(18(12-16)27-3)29-21(26)28-14-20(24)25;1-14(2)8-6-4-5-7-9-18(21)19-13-15-10-11-16(20)17(12-15)22-3;1-6-3(5)2-4/h7,9,11-13,16H,5-6,8,10,14-15H2,1-4H3,(H,23,24);6,8,10-12,15H,4-5,7,9,13-14H2,1-3H3,(H,22,23)(H,24,25);6,8,10-12,14,20H,4-5,7,9,13H2,1-3H3,(H,19,21);4H,2H2,1H3/b9-7+;2*8-6+;. The van der Waals surface area contributed by atoms with E-state index in [9.17, 15) is 43.5 Å². The molecule has 87 heavy (non-hydrogen) atoms. The van der Waals surface area contributed by atoms with E-state index in [4.69, 9.17) is 33.9 Å². The number of esters is 2. The Balaban J connectivity index is 0.00000123. The fraction of sp³-hybridized carbons (Fsp3) is 0.500. The molecule has 0 aromatic heterocycles. The lowest BCUT2D eigenvalue weighted by molar-refractivity contribution is -0.144. The van der Waals surface area contributed by atoms with Crippen molar-refractivity contribution >= 4 is 47.9 Å². The molecular weight excluding hydrogens is 1130 g/mol. The zero-order valence-corrected chi connectivity index (χ0v) is 52.4. The van der Waals surface area contributed by atoms with Crippen LogP contribution in [-0.4, -0.2) is 119 Å². The number of carboxylic acid groups (broad SMARTS) is 1. The van der Waals surface area contributed by atoms with Gasteiger partial charge in [0.15, 0.2) is 47.7 Å². The summed E-state index contributed by atoms with van der Waals surface area (Å²) in [5.74, 6) is 0.414. The zero-order valence-electron chi connectivity index (χ0n) is 52.4. The fourth-order valence-corrected chi connectivity index (χ4v) is 6.86. The van der Waals surface area contributed by atoms with Crippen molar-refractivity contribution < 1.29 is 96.3 Å². The first-order valence-corrected chi connectivity index (χ1v) is 28.7. The second-order valence-corrected chi connectivity index (χ2v) is 20.0. The first-order valence-electron chi connectivity index (χ1n) is 28.7. The van der Waals surface area contributed by atoms with Crippen molar-refractivity contribution in [3.63, 3.8) is 0 Å². The van der Waals surface area contributed by atoms with Crippen LogP contribution in [0.5, 0.6) is 34.5 Å². The number of phenolic OH excluding ortho intramolecular Hbond substituents is 1. The molecule has 23 nitrogen and oxygen atoms in total. The largest absolute Gasteiger partial charge is 0.514 e. The minimum Gasteiger partial charge on any atom is -0.504 e. The van der Waals surface area contributed by atoms with Gasteiger partial charge < -0.3 is 73.9 Å². The second-order valence-electron chi connectivity index (χ2n) is 20.0. The van der Waals surface area contributed by atoms with E-state index in [1.807, 2.05) is 0 Å². The van der Waals surface area contributed by atoms with Crippen LogP contribution >= 0.6 is 0 Å². The Morgan fingerprint density at radius 1 is 0.460 bits per heavy atom. The number of aliphatic carboxylic acids is 1. The molecule has 0 aliphatic heterocycles. The van der Waals surface area contributed by atoms with Gasteiger partial charge in [-0.15, -0.1) is 0 Å². The van der Waals surface area contributed by atoms with Gasteiger partial charge in [-0.05, 0) is 129 Å².